The normalized spacial score (nSPS) is 15.7. The second-order valence-corrected chi connectivity index (χ2v) is 8.08. The van der Waals surface area contributed by atoms with Gasteiger partial charge in [-0.15, -0.1) is 13.2 Å². The van der Waals surface area contributed by atoms with Crippen LogP contribution in [0.15, 0.2) is 53.3 Å². The van der Waals surface area contributed by atoms with Crippen molar-refractivity contribution in [3.8, 4) is 22.9 Å². The molecule has 35 heavy (non-hydrogen) atoms. The van der Waals surface area contributed by atoms with Crippen molar-refractivity contribution >= 4 is 5.91 Å². The second kappa shape index (κ2) is 8.53. The van der Waals surface area contributed by atoms with E-state index in [4.69, 9.17) is 4.52 Å². The van der Waals surface area contributed by atoms with E-state index in [1.807, 2.05) is 19.9 Å². The number of para-hydroxylation sites is 1. The van der Waals surface area contributed by atoms with E-state index in [-0.39, 0.29) is 23.2 Å². The lowest BCUT2D eigenvalue weighted by atomic mass is 9.97. The minimum absolute atomic E-state index is 0.00183. The van der Waals surface area contributed by atoms with Crippen LogP contribution in [0.3, 0.4) is 0 Å². The van der Waals surface area contributed by atoms with Crippen molar-refractivity contribution in [3.63, 3.8) is 0 Å². The van der Waals surface area contributed by atoms with Crippen molar-refractivity contribution in [2.45, 2.75) is 32.7 Å². The van der Waals surface area contributed by atoms with Gasteiger partial charge in [0.05, 0.1) is 35.2 Å². The summed E-state index contributed by atoms with van der Waals surface area (Å²) in [6.07, 6.45) is -1.25. The maximum absolute atomic E-state index is 13.5. The maximum atomic E-state index is 13.5. The molecule has 5 rings (SSSR count). The highest BCUT2D eigenvalue weighted by Crippen LogP contribution is 2.37. The Morgan fingerprint density at radius 1 is 1.11 bits per heavy atom. The Morgan fingerprint density at radius 3 is 2.51 bits per heavy atom. The van der Waals surface area contributed by atoms with E-state index in [0.29, 0.717) is 24.2 Å². The first-order valence-corrected chi connectivity index (χ1v) is 10.7. The van der Waals surface area contributed by atoms with E-state index in [2.05, 4.69) is 25.1 Å². The lowest BCUT2D eigenvalue weighted by Gasteiger charge is -2.39. The molecule has 12 heteroatoms. The average Bonchev–Trinajstić information content (AvgIpc) is 3.46. The van der Waals surface area contributed by atoms with Crippen molar-refractivity contribution in [2.24, 2.45) is 0 Å². The van der Waals surface area contributed by atoms with Crippen molar-refractivity contribution in [1.82, 2.24) is 30.0 Å². The predicted molar refractivity (Wildman–Crippen MR) is 116 cm³/mol. The maximum Gasteiger partial charge on any atom is 0.573 e. The number of ether oxygens (including phenoxy) is 1. The molecule has 1 amide bonds. The van der Waals surface area contributed by atoms with Crippen molar-refractivity contribution in [1.29, 1.82) is 0 Å². The van der Waals surface area contributed by atoms with Gasteiger partial charge in [0, 0.05) is 6.54 Å². The molecule has 1 aliphatic rings. The fourth-order valence-electron chi connectivity index (χ4n) is 3.87. The summed E-state index contributed by atoms with van der Waals surface area (Å²) in [4.78, 5) is 20.8. The zero-order valence-electron chi connectivity index (χ0n) is 18.7. The smallest absolute Gasteiger partial charge is 0.405 e. The molecule has 1 atom stereocenters. The van der Waals surface area contributed by atoms with E-state index in [1.165, 1.54) is 35.4 Å². The number of nitrogens with zero attached hydrogens (tertiary/aromatic N) is 6. The number of likely N-dealkylation sites (tertiary alicyclic amines) is 1. The number of hydrogen-bond donors (Lipinski definition) is 0. The summed E-state index contributed by atoms with van der Waals surface area (Å²) in [7, 11) is 0. The highest BCUT2D eigenvalue weighted by molar-refractivity contribution is 5.98. The molecular weight excluding hydrogens is 465 g/mol. The quantitative estimate of drug-likeness (QED) is 0.414. The molecule has 3 heterocycles. The van der Waals surface area contributed by atoms with Crippen molar-refractivity contribution < 1.29 is 27.2 Å². The van der Waals surface area contributed by atoms with Gasteiger partial charge in [-0.3, -0.25) is 4.79 Å². The van der Waals surface area contributed by atoms with E-state index in [0.717, 1.165) is 17.2 Å². The molecule has 0 bridgehead atoms. The summed E-state index contributed by atoms with van der Waals surface area (Å²) in [6.45, 7) is 4.30. The molecule has 0 radical (unpaired) electrons. The van der Waals surface area contributed by atoms with Gasteiger partial charge in [-0.05, 0) is 55.7 Å². The molecule has 180 valence electrons. The molecule has 2 aromatic carbocycles. The lowest BCUT2D eigenvalue weighted by Crippen LogP contribution is -2.46. The number of rotatable bonds is 5. The highest BCUT2D eigenvalue weighted by atomic mass is 19.4. The summed E-state index contributed by atoms with van der Waals surface area (Å²) in [5, 5.41) is 12.2. The lowest BCUT2D eigenvalue weighted by molar-refractivity contribution is -0.274. The second-order valence-electron chi connectivity index (χ2n) is 8.08. The van der Waals surface area contributed by atoms with Crippen LogP contribution in [0.5, 0.6) is 5.75 Å². The number of carbonyl (C=O) groups is 1. The number of carbonyl (C=O) groups excluding carboxylic acids is 1. The Morgan fingerprint density at radius 2 is 1.83 bits per heavy atom. The van der Waals surface area contributed by atoms with Crippen LogP contribution in [0.4, 0.5) is 13.2 Å². The standard InChI is InChI=1S/C23H19F3N6O3/c1-13-11-16(18(12-14(13)2)32-27-8-9-28-32)22(33)31-10-7-17(31)20-29-21(35-30-20)15-5-3-4-6-19(15)34-23(24,25)26/h3-6,8-9,11-12,17H,7,10H2,1-2H3. The Balaban J connectivity index is 1.43. The molecule has 4 aromatic rings. The van der Waals surface area contributed by atoms with Gasteiger partial charge in [0.1, 0.15) is 5.75 Å². The zero-order valence-corrected chi connectivity index (χ0v) is 18.7. The van der Waals surface area contributed by atoms with Crippen LogP contribution in [-0.4, -0.2) is 48.8 Å². The number of halogens is 3. The van der Waals surface area contributed by atoms with Crippen molar-refractivity contribution in [3.05, 3.63) is 71.3 Å². The molecule has 1 fully saturated rings. The molecule has 0 N–H and O–H groups in total. The van der Waals surface area contributed by atoms with Crippen LogP contribution in [0.2, 0.25) is 0 Å². The molecule has 0 spiro atoms. The average molecular weight is 484 g/mol. The number of hydrogen-bond acceptors (Lipinski definition) is 7. The number of aromatic nitrogens is 5. The molecule has 0 aliphatic carbocycles. The molecule has 2 aromatic heterocycles. The summed E-state index contributed by atoms with van der Waals surface area (Å²) < 4.78 is 47.7. The third kappa shape index (κ3) is 4.34. The van der Waals surface area contributed by atoms with Gasteiger partial charge in [-0.2, -0.15) is 20.0 Å². The molecule has 1 saturated heterocycles. The van der Waals surface area contributed by atoms with Gasteiger partial charge in [-0.25, -0.2) is 0 Å². The number of alkyl halides is 3. The van der Waals surface area contributed by atoms with Gasteiger partial charge < -0.3 is 14.2 Å². The summed E-state index contributed by atoms with van der Waals surface area (Å²) in [5.74, 6) is -0.650. The fourth-order valence-corrected chi connectivity index (χ4v) is 3.87. The highest BCUT2D eigenvalue weighted by Gasteiger charge is 2.39. The van der Waals surface area contributed by atoms with Crippen LogP contribution >= 0.6 is 0 Å². The van der Waals surface area contributed by atoms with Gasteiger partial charge >= 0.3 is 6.36 Å². The minimum Gasteiger partial charge on any atom is -0.405 e. The molecule has 1 unspecified atom stereocenters. The zero-order chi connectivity index (χ0) is 24.7. The van der Waals surface area contributed by atoms with Crippen LogP contribution in [0, 0.1) is 13.8 Å². The van der Waals surface area contributed by atoms with E-state index >= 15 is 0 Å². The monoisotopic (exact) mass is 484 g/mol. The Labute approximate surface area is 197 Å². The molecule has 1 aliphatic heterocycles. The third-order valence-corrected chi connectivity index (χ3v) is 5.84. The SMILES string of the molecule is Cc1cc(C(=O)N2CCC2c2noc(-c3ccccc3OC(F)(F)F)n2)c(-n2nccn2)cc1C. The number of benzene rings is 2. The molecular formula is C23H19F3N6O3. The first-order valence-electron chi connectivity index (χ1n) is 10.7. The van der Waals surface area contributed by atoms with Crippen LogP contribution in [0.1, 0.15) is 39.8 Å². The summed E-state index contributed by atoms with van der Waals surface area (Å²) in [5.41, 5.74) is 2.88. The van der Waals surface area contributed by atoms with Gasteiger partial charge in [0.25, 0.3) is 11.8 Å². The summed E-state index contributed by atoms with van der Waals surface area (Å²) in [6, 6.07) is 8.64. The first kappa shape index (κ1) is 22.6. The van der Waals surface area contributed by atoms with E-state index in [9.17, 15) is 18.0 Å². The van der Waals surface area contributed by atoms with Crippen LogP contribution in [0.25, 0.3) is 17.1 Å². The Bertz CT molecular complexity index is 1380. The van der Waals surface area contributed by atoms with Gasteiger partial charge in [-0.1, -0.05) is 17.3 Å². The molecule has 9 nitrogen and oxygen atoms in total. The van der Waals surface area contributed by atoms with Gasteiger partial charge in [0.15, 0.2) is 5.82 Å². The Hall–Kier alpha value is -4.22. The third-order valence-electron chi connectivity index (χ3n) is 5.84. The van der Waals surface area contributed by atoms with Crippen LogP contribution < -0.4 is 4.74 Å². The Kier molecular flexibility index (Phi) is 5.50. The first-order chi connectivity index (χ1) is 16.7. The van der Waals surface area contributed by atoms with Crippen molar-refractivity contribution in [2.75, 3.05) is 6.54 Å². The van der Waals surface area contributed by atoms with E-state index < -0.39 is 18.2 Å². The topological polar surface area (TPSA) is 99.2 Å². The number of amides is 1. The molecule has 0 saturated carbocycles. The largest absolute Gasteiger partial charge is 0.573 e. The number of aryl methyl sites for hydroxylation is 2. The van der Waals surface area contributed by atoms with Crippen LogP contribution in [-0.2, 0) is 0 Å². The van der Waals surface area contributed by atoms with Gasteiger partial charge in [0.2, 0.25) is 0 Å². The predicted octanol–water partition coefficient (Wildman–Crippen LogP) is 4.42. The fraction of sp³-hybridized carbons (Fsp3) is 0.261. The summed E-state index contributed by atoms with van der Waals surface area (Å²) >= 11 is 0. The minimum atomic E-state index is -4.87. The van der Waals surface area contributed by atoms with E-state index in [1.54, 1.807) is 11.0 Å².